The predicted molar refractivity (Wildman–Crippen MR) is 93.8 cm³/mol. The second-order valence-corrected chi connectivity index (χ2v) is 6.51. The highest BCUT2D eigenvalue weighted by Gasteiger charge is 2.30. The molecule has 0 aliphatic carbocycles. The van der Waals surface area contributed by atoms with Crippen molar-refractivity contribution in [3.63, 3.8) is 0 Å². The third kappa shape index (κ3) is 4.61. The van der Waals surface area contributed by atoms with E-state index in [1.807, 2.05) is 6.07 Å². The molecule has 3 rings (SSSR count). The Hall–Kier alpha value is -1.86. The van der Waals surface area contributed by atoms with Gasteiger partial charge in [0.05, 0.1) is 11.1 Å². The van der Waals surface area contributed by atoms with Crippen LogP contribution < -0.4 is 5.32 Å². The number of likely N-dealkylation sites (N-methyl/N-ethyl adjacent to an activating group) is 1. The van der Waals surface area contributed by atoms with E-state index in [1.54, 1.807) is 6.20 Å². The number of nitrogens with zero attached hydrogens (tertiary/aromatic N) is 3. The van der Waals surface area contributed by atoms with Gasteiger partial charge in [-0.2, -0.15) is 13.2 Å². The minimum Gasteiger partial charge on any atom is -0.384 e. The Labute approximate surface area is 145 Å². The Kier molecular flexibility index (Phi) is 5.44. The van der Waals surface area contributed by atoms with Gasteiger partial charge >= 0.3 is 6.18 Å². The average Bonchev–Trinajstić information content (AvgIpc) is 2.59. The van der Waals surface area contributed by atoms with E-state index in [0.29, 0.717) is 5.52 Å². The van der Waals surface area contributed by atoms with Crippen molar-refractivity contribution >= 4 is 16.6 Å². The van der Waals surface area contributed by atoms with Gasteiger partial charge in [0.15, 0.2) is 0 Å². The molecular weight excluding hydrogens is 329 g/mol. The Bertz CT molecular complexity index is 709. The summed E-state index contributed by atoms with van der Waals surface area (Å²) in [5.74, 6) is 0. The van der Waals surface area contributed by atoms with Gasteiger partial charge in [0.2, 0.25) is 0 Å². The van der Waals surface area contributed by atoms with Crippen LogP contribution in [0.15, 0.2) is 30.5 Å². The van der Waals surface area contributed by atoms with Crippen LogP contribution in [0.25, 0.3) is 10.9 Å². The molecule has 2 heterocycles. The number of aromatic nitrogens is 1. The fourth-order valence-corrected chi connectivity index (χ4v) is 3.08. The first kappa shape index (κ1) is 17.9. The first-order valence-electron chi connectivity index (χ1n) is 8.54. The van der Waals surface area contributed by atoms with Crippen LogP contribution in [0, 0.1) is 0 Å². The van der Waals surface area contributed by atoms with Crippen LogP contribution in [-0.2, 0) is 6.18 Å². The lowest BCUT2D eigenvalue weighted by Crippen LogP contribution is -2.44. The first-order chi connectivity index (χ1) is 11.9. The van der Waals surface area contributed by atoms with Crippen LogP contribution in [-0.4, -0.2) is 61.1 Å². The highest BCUT2D eigenvalue weighted by Crippen LogP contribution is 2.32. The third-order valence-electron chi connectivity index (χ3n) is 4.63. The van der Waals surface area contributed by atoms with E-state index in [9.17, 15) is 13.2 Å². The number of anilines is 1. The van der Waals surface area contributed by atoms with Crippen molar-refractivity contribution in [2.45, 2.75) is 12.6 Å². The molecule has 1 saturated heterocycles. The molecule has 2 aromatic rings. The minimum absolute atomic E-state index is 0.360. The Morgan fingerprint density at radius 2 is 1.88 bits per heavy atom. The second-order valence-electron chi connectivity index (χ2n) is 6.51. The van der Waals surface area contributed by atoms with Crippen LogP contribution in [0.1, 0.15) is 12.0 Å². The van der Waals surface area contributed by atoms with Crippen molar-refractivity contribution in [1.82, 2.24) is 14.8 Å². The van der Waals surface area contributed by atoms with Crippen molar-refractivity contribution in [2.24, 2.45) is 0 Å². The molecule has 0 unspecified atom stereocenters. The summed E-state index contributed by atoms with van der Waals surface area (Å²) < 4.78 is 38.4. The zero-order valence-corrected chi connectivity index (χ0v) is 14.3. The van der Waals surface area contributed by atoms with Crippen molar-refractivity contribution in [3.8, 4) is 0 Å². The maximum Gasteiger partial charge on any atom is 0.416 e. The maximum atomic E-state index is 12.8. The average molecular weight is 352 g/mol. The molecular formula is C18H23F3N4. The van der Waals surface area contributed by atoms with Crippen molar-refractivity contribution in [2.75, 3.05) is 51.6 Å². The lowest BCUT2D eigenvalue weighted by molar-refractivity contribution is -0.137. The van der Waals surface area contributed by atoms with Crippen molar-refractivity contribution in [1.29, 1.82) is 0 Å². The van der Waals surface area contributed by atoms with Gasteiger partial charge in [0, 0.05) is 50.0 Å². The number of rotatable bonds is 5. The molecule has 0 bridgehead atoms. The third-order valence-corrected chi connectivity index (χ3v) is 4.63. The van der Waals surface area contributed by atoms with E-state index in [2.05, 4.69) is 27.1 Å². The first-order valence-corrected chi connectivity index (χ1v) is 8.54. The second kappa shape index (κ2) is 7.58. The number of fused-ring (bicyclic) bond motifs is 1. The molecule has 4 nitrogen and oxygen atoms in total. The summed E-state index contributed by atoms with van der Waals surface area (Å²) in [5, 5.41) is 4.05. The number of hydrogen-bond donors (Lipinski definition) is 1. The summed E-state index contributed by atoms with van der Waals surface area (Å²) in [5.41, 5.74) is 0.524. The number of halogens is 3. The van der Waals surface area contributed by atoms with E-state index < -0.39 is 11.7 Å². The topological polar surface area (TPSA) is 31.4 Å². The van der Waals surface area contributed by atoms with Crippen LogP contribution in [0.2, 0.25) is 0 Å². The van der Waals surface area contributed by atoms with Crippen LogP contribution in [0.4, 0.5) is 18.9 Å². The molecule has 0 amide bonds. The number of benzene rings is 1. The van der Waals surface area contributed by atoms with Gasteiger partial charge in [0.25, 0.3) is 0 Å². The minimum atomic E-state index is -4.35. The largest absolute Gasteiger partial charge is 0.416 e. The molecule has 7 heteroatoms. The van der Waals surface area contributed by atoms with Crippen molar-refractivity contribution < 1.29 is 13.2 Å². The molecule has 1 aromatic carbocycles. The Morgan fingerprint density at radius 3 is 2.60 bits per heavy atom. The summed E-state index contributed by atoms with van der Waals surface area (Å²) >= 11 is 0. The fourth-order valence-electron chi connectivity index (χ4n) is 3.08. The lowest BCUT2D eigenvalue weighted by Gasteiger charge is -2.32. The summed E-state index contributed by atoms with van der Waals surface area (Å²) in [4.78, 5) is 8.84. The van der Waals surface area contributed by atoms with Crippen LogP contribution >= 0.6 is 0 Å². The molecule has 1 fully saturated rings. The number of pyridine rings is 1. The number of nitrogens with one attached hydrogen (secondary N) is 1. The van der Waals surface area contributed by atoms with E-state index in [-0.39, 0.29) is 0 Å². The maximum absolute atomic E-state index is 12.8. The molecule has 0 saturated carbocycles. The summed E-state index contributed by atoms with van der Waals surface area (Å²) in [6, 6.07) is 5.52. The molecule has 0 spiro atoms. The SMILES string of the molecule is CN1CCN(CCCNc2ccnc3cc(C(F)(F)F)ccc23)CC1. The van der Waals surface area contributed by atoms with Gasteiger partial charge in [-0.25, -0.2) is 0 Å². The molecule has 1 aromatic heterocycles. The molecule has 1 aliphatic rings. The molecule has 1 aliphatic heterocycles. The standard InChI is InChI=1S/C18H23F3N4/c1-24-9-11-25(12-10-24)8-2-6-22-16-5-7-23-17-13-14(18(19,20)21)3-4-15(16)17/h3-5,7,13H,2,6,8-12H2,1H3,(H,22,23). The summed E-state index contributed by atoms with van der Waals surface area (Å²) in [6.07, 6.45) is -1.80. The van der Waals surface area contributed by atoms with Crippen LogP contribution in [0.5, 0.6) is 0 Å². The van der Waals surface area contributed by atoms with E-state index in [0.717, 1.165) is 68.9 Å². The van der Waals surface area contributed by atoms with Gasteiger partial charge < -0.3 is 15.1 Å². The quantitative estimate of drug-likeness (QED) is 0.837. The van der Waals surface area contributed by atoms with Gasteiger partial charge in [0.1, 0.15) is 0 Å². The highest BCUT2D eigenvalue weighted by molar-refractivity contribution is 5.91. The molecule has 25 heavy (non-hydrogen) atoms. The van der Waals surface area contributed by atoms with Gasteiger partial charge in [-0.1, -0.05) is 6.07 Å². The molecule has 0 radical (unpaired) electrons. The molecule has 0 atom stereocenters. The van der Waals surface area contributed by atoms with E-state index in [1.165, 1.54) is 6.07 Å². The van der Waals surface area contributed by atoms with Gasteiger partial charge in [-0.3, -0.25) is 4.98 Å². The van der Waals surface area contributed by atoms with E-state index in [4.69, 9.17) is 0 Å². The monoisotopic (exact) mass is 352 g/mol. The number of piperazine rings is 1. The summed E-state index contributed by atoms with van der Waals surface area (Å²) in [7, 11) is 2.14. The van der Waals surface area contributed by atoms with Crippen molar-refractivity contribution in [3.05, 3.63) is 36.0 Å². The lowest BCUT2D eigenvalue weighted by atomic mass is 10.1. The van der Waals surface area contributed by atoms with Crippen LogP contribution in [0.3, 0.4) is 0 Å². The number of alkyl halides is 3. The normalized spacial score (nSPS) is 17.1. The summed E-state index contributed by atoms with van der Waals surface area (Å²) in [6.45, 7) is 6.20. The smallest absolute Gasteiger partial charge is 0.384 e. The Morgan fingerprint density at radius 1 is 1.12 bits per heavy atom. The zero-order valence-electron chi connectivity index (χ0n) is 14.3. The fraction of sp³-hybridized carbons (Fsp3) is 0.500. The Balaban J connectivity index is 1.58. The van der Waals surface area contributed by atoms with Gasteiger partial charge in [-0.15, -0.1) is 0 Å². The van der Waals surface area contributed by atoms with E-state index >= 15 is 0 Å². The highest BCUT2D eigenvalue weighted by atomic mass is 19.4. The van der Waals surface area contributed by atoms with Gasteiger partial charge in [-0.05, 0) is 38.2 Å². The molecule has 136 valence electrons. The predicted octanol–water partition coefficient (Wildman–Crippen LogP) is 3.30. The number of hydrogen-bond acceptors (Lipinski definition) is 4. The zero-order chi connectivity index (χ0) is 17.9. The molecule has 1 N–H and O–H groups in total.